The molecule has 0 saturated carbocycles. The maximum Gasteiger partial charge on any atom is 0.123 e. The molecular weight excluding hydrogens is 250 g/mol. The summed E-state index contributed by atoms with van der Waals surface area (Å²) >= 11 is 0. The summed E-state index contributed by atoms with van der Waals surface area (Å²) in [6.07, 6.45) is 0.815. The third kappa shape index (κ3) is 4.80. The fourth-order valence-electron chi connectivity index (χ4n) is 2.58. The smallest absolute Gasteiger partial charge is 0.123 e. The maximum atomic E-state index is 9.56. The first kappa shape index (κ1) is 17.0. The SMILES string of the molecule is CCNC(C)(CO)CC(C)Oc1ccccc1C(C)C. The van der Waals surface area contributed by atoms with Gasteiger partial charge in [0.1, 0.15) is 5.75 Å². The third-order valence-electron chi connectivity index (χ3n) is 3.56. The standard InChI is InChI=1S/C17H29NO2/c1-6-18-17(5,12-19)11-14(4)20-16-10-8-7-9-15(16)13(2)3/h7-10,13-14,18-19H,6,11-12H2,1-5H3. The van der Waals surface area contributed by atoms with E-state index in [9.17, 15) is 5.11 Å². The van der Waals surface area contributed by atoms with E-state index >= 15 is 0 Å². The molecule has 20 heavy (non-hydrogen) atoms. The number of rotatable bonds is 8. The fourth-order valence-corrected chi connectivity index (χ4v) is 2.58. The van der Waals surface area contributed by atoms with Crippen LogP contribution in [-0.2, 0) is 0 Å². The van der Waals surface area contributed by atoms with Gasteiger partial charge in [0, 0.05) is 12.0 Å². The van der Waals surface area contributed by atoms with Crippen LogP contribution in [0.15, 0.2) is 24.3 Å². The predicted octanol–water partition coefficient (Wildman–Crippen LogP) is 3.33. The number of ether oxygens (including phenoxy) is 1. The van der Waals surface area contributed by atoms with E-state index in [1.807, 2.05) is 32.0 Å². The zero-order valence-corrected chi connectivity index (χ0v) is 13.4. The quantitative estimate of drug-likeness (QED) is 0.767. The number of likely N-dealkylation sites (N-methyl/N-ethyl adjacent to an activating group) is 1. The van der Waals surface area contributed by atoms with Gasteiger partial charge in [-0.05, 0) is 37.9 Å². The van der Waals surface area contributed by atoms with E-state index in [1.165, 1.54) is 5.56 Å². The maximum absolute atomic E-state index is 9.56. The Morgan fingerprint density at radius 3 is 2.45 bits per heavy atom. The average Bonchev–Trinajstić information content (AvgIpc) is 2.39. The Labute approximate surface area is 123 Å². The van der Waals surface area contributed by atoms with Gasteiger partial charge < -0.3 is 15.2 Å². The first-order valence-corrected chi connectivity index (χ1v) is 7.53. The van der Waals surface area contributed by atoms with Crippen molar-refractivity contribution in [2.45, 2.75) is 58.6 Å². The number of benzene rings is 1. The van der Waals surface area contributed by atoms with E-state index in [-0.39, 0.29) is 18.2 Å². The Bertz CT molecular complexity index is 406. The van der Waals surface area contributed by atoms with Crippen molar-refractivity contribution < 1.29 is 9.84 Å². The molecule has 1 aromatic rings. The normalized spacial score (nSPS) is 15.9. The summed E-state index contributed by atoms with van der Waals surface area (Å²) < 4.78 is 6.10. The van der Waals surface area contributed by atoms with Crippen molar-refractivity contribution in [1.82, 2.24) is 5.32 Å². The van der Waals surface area contributed by atoms with E-state index in [0.717, 1.165) is 18.7 Å². The minimum Gasteiger partial charge on any atom is -0.490 e. The zero-order chi connectivity index (χ0) is 15.2. The Kier molecular flexibility index (Phi) is 6.50. The number of nitrogens with one attached hydrogen (secondary N) is 1. The van der Waals surface area contributed by atoms with Gasteiger partial charge in [0.15, 0.2) is 0 Å². The minimum absolute atomic E-state index is 0.0473. The van der Waals surface area contributed by atoms with Gasteiger partial charge >= 0.3 is 0 Å². The summed E-state index contributed by atoms with van der Waals surface area (Å²) in [5.41, 5.74) is 0.939. The van der Waals surface area contributed by atoms with Gasteiger partial charge in [-0.25, -0.2) is 0 Å². The Balaban J connectivity index is 2.73. The van der Waals surface area contributed by atoms with Crippen molar-refractivity contribution >= 4 is 0 Å². The molecule has 0 aliphatic carbocycles. The molecule has 2 atom stereocenters. The lowest BCUT2D eigenvalue weighted by atomic mass is 9.95. The molecule has 114 valence electrons. The number of hydrogen-bond donors (Lipinski definition) is 2. The van der Waals surface area contributed by atoms with E-state index in [0.29, 0.717) is 5.92 Å². The molecule has 0 saturated heterocycles. The van der Waals surface area contributed by atoms with Crippen LogP contribution < -0.4 is 10.1 Å². The molecule has 1 rings (SSSR count). The van der Waals surface area contributed by atoms with E-state index in [1.54, 1.807) is 0 Å². The third-order valence-corrected chi connectivity index (χ3v) is 3.56. The lowest BCUT2D eigenvalue weighted by Gasteiger charge is -2.31. The van der Waals surface area contributed by atoms with Crippen LogP contribution in [-0.4, -0.2) is 29.9 Å². The van der Waals surface area contributed by atoms with Crippen LogP contribution >= 0.6 is 0 Å². The summed E-state index contributed by atoms with van der Waals surface area (Å²) in [7, 11) is 0. The first-order chi connectivity index (χ1) is 9.41. The van der Waals surface area contributed by atoms with Gasteiger partial charge in [0.05, 0.1) is 12.7 Å². The molecule has 0 radical (unpaired) electrons. The lowest BCUT2D eigenvalue weighted by Crippen LogP contribution is -2.48. The molecular formula is C17H29NO2. The van der Waals surface area contributed by atoms with Crippen LogP contribution in [0.3, 0.4) is 0 Å². The van der Waals surface area contributed by atoms with E-state index in [4.69, 9.17) is 4.74 Å². The molecule has 0 heterocycles. The van der Waals surface area contributed by atoms with Crippen LogP contribution in [0.4, 0.5) is 0 Å². The molecule has 0 bridgehead atoms. The van der Waals surface area contributed by atoms with Crippen LogP contribution in [0.25, 0.3) is 0 Å². The van der Waals surface area contributed by atoms with Crippen molar-refractivity contribution in [3.8, 4) is 5.75 Å². The average molecular weight is 279 g/mol. The Morgan fingerprint density at radius 1 is 1.25 bits per heavy atom. The monoisotopic (exact) mass is 279 g/mol. The van der Waals surface area contributed by atoms with Gasteiger partial charge in [0.25, 0.3) is 0 Å². The zero-order valence-electron chi connectivity index (χ0n) is 13.4. The largest absolute Gasteiger partial charge is 0.490 e. The number of aliphatic hydroxyl groups excluding tert-OH is 1. The molecule has 0 fully saturated rings. The highest BCUT2D eigenvalue weighted by atomic mass is 16.5. The second-order valence-electron chi connectivity index (χ2n) is 6.07. The van der Waals surface area contributed by atoms with Crippen molar-refractivity contribution in [3.63, 3.8) is 0 Å². The summed E-state index contributed by atoms with van der Waals surface area (Å²) in [5, 5.41) is 12.9. The summed E-state index contributed by atoms with van der Waals surface area (Å²) in [6.45, 7) is 11.4. The van der Waals surface area contributed by atoms with Crippen LogP contribution in [0.5, 0.6) is 5.75 Å². The molecule has 0 amide bonds. The van der Waals surface area contributed by atoms with Crippen molar-refractivity contribution in [2.24, 2.45) is 0 Å². The Hall–Kier alpha value is -1.06. The summed E-state index contributed by atoms with van der Waals surface area (Å²) in [5.74, 6) is 1.39. The topological polar surface area (TPSA) is 41.5 Å². The molecule has 0 aliphatic heterocycles. The Morgan fingerprint density at radius 2 is 1.90 bits per heavy atom. The molecule has 0 spiro atoms. The highest BCUT2D eigenvalue weighted by Crippen LogP contribution is 2.28. The van der Waals surface area contributed by atoms with Gasteiger partial charge in [-0.15, -0.1) is 0 Å². The molecule has 2 N–H and O–H groups in total. The van der Waals surface area contributed by atoms with Gasteiger partial charge in [-0.1, -0.05) is 39.0 Å². The first-order valence-electron chi connectivity index (χ1n) is 7.53. The molecule has 1 aromatic carbocycles. The number of para-hydroxylation sites is 1. The number of aliphatic hydroxyl groups is 1. The lowest BCUT2D eigenvalue weighted by molar-refractivity contribution is 0.110. The van der Waals surface area contributed by atoms with Crippen molar-refractivity contribution in [2.75, 3.05) is 13.2 Å². The highest BCUT2D eigenvalue weighted by molar-refractivity contribution is 5.35. The molecule has 3 heteroatoms. The van der Waals surface area contributed by atoms with Crippen LogP contribution in [0, 0.1) is 0 Å². The number of hydrogen-bond acceptors (Lipinski definition) is 3. The summed E-state index contributed by atoms with van der Waals surface area (Å²) in [4.78, 5) is 0. The second kappa shape index (κ2) is 7.65. The fraction of sp³-hybridized carbons (Fsp3) is 0.647. The van der Waals surface area contributed by atoms with Crippen LogP contribution in [0.2, 0.25) is 0 Å². The van der Waals surface area contributed by atoms with Gasteiger partial charge in [-0.3, -0.25) is 0 Å². The second-order valence-corrected chi connectivity index (χ2v) is 6.07. The summed E-state index contributed by atoms with van der Waals surface area (Å²) in [6, 6.07) is 8.18. The molecule has 3 nitrogen and oxygen atoms in total. The molecule has 2 unspecified atom stereocenters. The van der Waals surface area contributed by atoms with Gasteiger partial charge in [0.2, 0.25) is 0 Å². The van der Waals surface area contributed by atoms with Crippen LogP contribution in [0.1, 0.15) is 52.5 Å². The van der Waals surface area contributed by atoms with E-state index in [2.05, 4.69) is 32.2 Å². The predicted molar refractivity (Wildman–Crippen MR) is 84.4 cm³/mol. The van der Waals surface area contributed by atoms with E-state index < -0.39 is 0 Å². The van der Waals surface area contributed by atoms with Crippen molar-refractivity contribution in [3.05, 3.63) is 29.8 Å². The van der Waals surface area contributed by atoms with Crippen molar-refractivity contribution in [1.29, 1.82) is 0 Å². The van der Waals surface area contributed by atoms with Gasteiger partial charge in [-0.2, -0.15) is 0 Å². The highest BCUT2D eigenvalue weighted by Gasteiger charge is 2.26. The molecule has 0 aromatic heterocycles. The molecule has 0 aliphatic rings. The minimum atomic E-state index is -0.291.